The van der Waals surface area contributed by atoms with Gasteiger partial charge in [-0.2, -0.15) is 0 Å². The summed E-state index contributed by atoms with van der Waals surface area (Å²) in [6.45, 7) is 1.82. The molecule has 0 radical (unpaired) electrons. The first kappa shape index (κ1) is 18.5. The molecule has 2 N–H and O–H groups in total. The number of benzene rings is 2. The topological polar surface area (TPSA) is 75.6 Å². The molecule has 1 amide bonds. The van der Waals surface area contributed by atoms with Crippen LogP contribution in [0.25, 0.3) is 11.1 Å². The highest BCUT2D eigenvalue weighted by molar-refractivity contribution is 5.81. The van der Waals surface area contributed by atoms with E-state index >= 15 is 0 Å². The Hall–Kier alpha value is -3.26. The van der Waals surface area contributed by atoms with Crippen molar-refractivity contribution < 1.29 is 19.4 Å². The normalized spacial score (nSPS) is 14.4. The number of nitrogens with one attached hydrogen (secondary N) is 1. The van der Waals surface area contributed by atoms with Gasteiger partial charge in [-0.3, -0.25) is 0 Å². The maximum absolute atomic E-state index is 12.2. The molecule has 1 aliphatic rings. The Balaban J connectivity index is 1.70. The third-order valence-electron chi connectivity index (χ3n) is 4.89. The standard InChI is InChI=1S/C22H21NO4/c1-3-8-14(2)20(21(24)25)23-22(26)27-13-19-17-11-6-4-9-15(17)16-10-5-7-12-18(16)19/h1,4-7,9-12,14,19-20H,8,13H2,2H3,(H,23,26)(H,24,25)/t14-,20+/m0/s1. The van der Waals surface area contributed by atoms with Gasteiger partial charge in [-0.25, -0.2) is 9.59 Å². The van der Waals surface area contributed by atoms with Crippen LogP contribution in [0.5, 0.6) is 0 Å². The number of carboxylic acids is 1. The Labute approximate surface area is 158 Å². The van der Waals surface area contributed by atoms with Crippen LogP contribution in [-0.4, -0.2) is 29.8 Å². The molecule has 0 unspecified atom stereocenters. The average molecular weight is 363 g/mol. The number of hydrogen-bond acceptors (Lipinski definition) is 3. The lowest BCUT2D eigenvalue weighted by atomic mass is 9.98. The SMILES string of the molecule is C#CC[C@H](C)[C@@H](NC(=O)OCC1c2ccccc2-c2ccccc21)C(=O)O. The van der Waals surface area contributed by atoms with E-state index in [-0.39, 0.29) is 18.9 Å². The van der Waals surface area contributed by atoms with E-state index in [4.69, 9.17) is 11.2 Å². The van der Waals surface area contributed by atoms with E-state index < -0.39 is 24.0 Å². The fourth-order valence-electron chi connectivity index (χ4n) is 3.52. The van der Waals surface area contributed by atoms with Crippen molar-refractivity contribution >= 4 is 12.1 Å². The first-order valence-electron chi connectivity index (χ1n) is 8.80. The molecule has 0 saturated heterocycles. The van der Waals surface area contributed by atoms with Gasteiger partial charge >= 0.3 is 12.1 Å². The van der Waals surface area contributed by atoms with Gasteiger partial charge in [0, 0.05) is 12.3 Å². The van der Waals surface area contributed by atoms with Crippen LogP contribution in [0.1, 0.15) is 30.4 Å². The van der Waals surface area contributed by atoms with Gasteiger partial charge in [0.2, 0.25) is 0 Å². The molecule has 0 saturated carbocycles. The predicted molar refractivity (Wildman–Crippen MR) is 102 cm³/mol. The van der Waals surface area contributed by atoms with Gasteiger partial charge in [-0.05, 0) is 28.2 Å². The van der Waals surface area contributed by atoms with E-state index in [9.17, 15) is 14.7 Å². The number of terminal acetylenes is 1. The second-order valence-electron chi connectivity index (χ2n) is 6.67. The number of fused-ring (bicyclic) bond motifs is 3. The molecule has 0 fully saturated rings. The number of amides is 1. The Morgan fingerprint density at radius 1 is 1.15 bits per heavy atom. The molecule has 0 spiro atoms. The first-order valence-corrected chi connectivity index (χ1v) is 8.80. The fraction of sp³-hybridized carbons (Fsp3) is 0.273. The van der Waals surface area contributed by atoms with Gasteiger partial charge in [0.15, 0.2) is 0 Å². The maximum atomic E-state index is 12.2. The van der Waals surface area contributed by atoms with E-state index in [1.165, 1.54) is 0 Å². The third-order valence-corrected chi connectivity index (χ3v) is 4.89. The van der Waals surface area contributed by atoms with Crippen molar-refractivity contribution in [2.45, 2.75) is 25.3 Å². The lowest BCUT2D eigenvalue weighted by molar-refractivity contribution is -0.140. The summed E-state index contributed by atoms with van der Waals surface area (Å²) in [6.07, 6.45) is 4.74. The minimum Gasteiger partial charge on any atom is -0.480 e. The molecule has 3 rings (SSSR count). The van der Waals surface area contributed by atoms with Gasteiger partial charge in [-0.15, -0.1) is 12.3 Å². The van der Waals surface area contributed by atoms with Crippen LogP contribution < -0.4 is 5.32 Å². The third kappa shape index (κ3) is 3.80. The molecule has 2 aromatic carbocycles. The van der Waals surface area contributed by atoms with E-state index in [1.807, 2.05) is 36.4 Å². The summed E-state index contributed by atoms with van der Waals surface area (Å²) in [6, 6.07) is 14.9. The maximum Gasteiger partial charge on any atom is 0.407 e. The summed E-state index contributed by atoms with van der Waals surface area (Å²) < 4.78 is 5.38. The lowest BCUT2D eigenvalue weighted by Crippen LogP contribution is -2.45. The second-order valence-corrected chi connectivity index (χ2v) is 6.67. The van der Waals surface area contributed by atoms with Crippen LogP contribution in [0.4, 0.5) is 4.79 Å². The second kappa shape index (κ2) is 7.96. The largest absolute Gasteiger partial charge is 0.480 e. The summed E-state index contributed by atoms with van der Waals surface area (Å²) >= 11 is 0. The zero-order valence-corrected chi connectivity index (χ0v) is 15.0. The van der Waals surface area contributed by atoms with Gasteiger partial charge in [0.05, 0.1) is 0 Å². The minimum atomic E-state index is -1.13. The van der Waals surface area contributed by atoms with E-state index in [0.29, 0.717) is 0 Å². The van der Waals surface area contributed by atoms with Crippen molar-refractivity contribution in [2.75, 3.05) is 6.61 Å². The predicted octanol–water partition coefficient (Wildman–Crippen LogP) is 3.64. The van der Waals surface area contributed by atoms with Crippen molar-refractivity contribution in [1.29, 1.82) is 0 Å². The molecule has 2 atom stereocenters. The molecule has 5 heteroatoms. The monoisotopic (exact) mass is 363 g/mol. The van der Waals surface area contributed by atoms with Crippen molar-refractivity contribution in [3.63, 3.8) is 0 Å². The molecule has 27 heavy (non-hydrogen) atoms. The van der Waals surface area contributed by atoms with Crippen molar-refractivity contribution in [3.8, 4) is 23.5 Å². The lowest BCUT2D eigenvalue weighted by Gasteiger charge is -2.20. The van der Waals surface area contributed by atoms with Gasteiger partial charge in [0.1, 0.15) is 12.6 Å². The Kier molecular flexibility index (Phi) is 5.46. The number of hydrogen-bond donors (Lipinski definition) is 2. The summed E-state index contributed by atoms with van der Waals surface area (Å²) in [5, 5.41) is 11.7. The van der Waals surface area contributed by atoms with Crippen molar-refractivity contribution in [1.82, 2.24) is 5.32 Å². The Morgan fingerprint density at radius 2 is 1.70 bits per heavy atom. The fourth-order valence-corrected chi connectivity index (χ4v) is 3.52. The smallest absolute Gasteiger partial charge is 0.407 e. The molecule has 1 aliphatic carbocycles. The number of ether oxygens (including phenoxy) is 1. The van der Waals surface area contributed by atoms with Crippen molar-refractivity contribution in [2.24, 2.45) is 5.92 Å². The quantitative estimate of drug-likeness (QED) is 0.769. The van der Waals surface area contributed by atoms with Crippen LogP contribution in [0.2, 0.25) is 0 Å². The zero-order chi connectivity index (χ0) is 19.4. The first-order chi connectivity index (χ1) is 13.0. The highest BCUT2D eigenvalue weighted by Gasteiger charge is 2.30. The number of aliphatic carboxylic acids is 1. The van der Waals surface area contributed by atoms with Gasteiger partial charge in [0.25, 0.3) is 0 Å². The summed E-state index contributed by atoms with van der Waals surface area (Å²) in [5.74, 6) is 0.816. The molecule has 138 valence electrons. The molecule has 0 bridgehead atoms. The number of carboxylic acid groups (broad SMARTS) is 1. The van der Waals surface area contributed by atoms with E-state index in [1.54, 1.807) is 6.92 Å². The molecular weight excluding hydrogens is 342 g/mol. The minimum absolute atomic E-state index is 0.0745. The van der Waals surface area contributed by atoms with Crippen LogP contribution in [0.15, 0.2) is 48.5 Å². The van der Waals surface area contributed by atoms with Gasteiger partial charge in [-0.1, -0.05) is 55.5 Å². The van der Waals surface area contributed by atoms with Crippen LogP contribution in [0.3, 0.4) is 0 Å². The summed E-state index contributed by atoms with van der Waals surface area (Å²) in [4.78, 5) is 23.6. The average Bonchev–Trinajstić information content (AvgIpc) is 2.98. The number of carbonyl (C=O) groups excluding carboxylic acids is 1. The number of rotatable bonds is 6. The highest BCUT2D eigenvalue weighted by atomic mass is 16.5. The summed E-state index contributed by atoms with van der Waals surface area (Å²) in [5.41, 5.74) is 4.46. The van der Waals surface area contributed by atoms with Crippen LogP contribution in [-0.2, 0) is 9.53 Å². The number of alkyl carbamates (subject to hydrolysis) is 1. The van der Waals surface area contributed by atoms with Gasteiger partial charge < -0.3 is 15.2 Å². The van der Waals surface area contributed by atoms with Crippen LogP contribution >= 0.6 is 0 Å². The van der Waals surface area contributed by atoms with E-state index in [0.717, 1.165) is 22.3 Å². The molecule has 2 aromatic rings. The van der Waals surface area contributed by atoms with Crippen molar-refractivity contribution in [3.05, 3.63) is 59.7 Å². The summed E-state index contributed by atoms with van der Waals surface area (Å²) in [7, 11) is 0. The highest BCUT2D eigenvalue weighted by Crippen LogP contribution is 2.44. The zero-order valence-electron chi connectivity index (χ0n) is 15.0. The molecule has 0 aliphatic heterocycles. The molecule has 0 aromatic heterocycles. The Bertz CT molecular complexity index is 854. The Morgan fingerprint density at radius 3 is 2.22 bits per heavy atom. The van der Waals surface area contributed by atoms with E-state index in [2.05, 4.69) is 23.4 Å². The van der Waals surface area contributed by atoms with Crippen LogP contribution in [0, 0.1) is 18.3 Å². The number of carbonyl (C=O) groups is 2. The molecule has 0 heterocycles. The molecule has 5 nitrogen and oxygen atoms in total. The molecular formula is C22H21NO4.